The molecule has 28 heavy (non-hydrogen) atoms. The molecule has 1 heterocycles. The largest absolute Gasteiger partial charge is 0.484 e. The van der Waals surface area contributed by atoms with Gasteiger partial charge < -0.3 is 19.7 Å². The van der Waals surface area contributed by atoms with Crippen molar-refractivity contribution in [3.63, 3.8) is 0 Å². The SMILES string of the molecule is Cc1ccc(NC(=O)COc2ccc(C(=S)N3C[C@@H](C)O[C@@H](C)C3)cc2)cc1. The molecule has 1 saturated heterocycles. The highest BCUT2D eigenvalue weighted by molar-refractivity contribution is 7.80. The number of nitrogens with one attached hydrogen (secondary N) is 1. The van der Waals surface area contributed by atoms with Gasteiger partial charge in [0.2, 0.25) is 0 Å². The van der Waals surface area contributed by atoms with E-state index in [9.17, 15) is 4.79 Å². The molecule has 148 valence electrons. The highest BCUT2D eigenvalue weighted by Gasteiger charge is 2.24. The average Bonchev–Trinajstić information content (AvgIpc) is 2.67. The number of nitrogens with zero attached hydrogens (tertiary/aromatic N) is 1. The quantitative estimate of drug-likeness (QED) is 0.777. The molecule has 2 aromatic carbocycles. The molecular formula is C22H26N2O3S. The maximum Gasteiger partial charge on any atom is 0.262 e. The van der Waals surface area contributed by atoms with E-state index in [2.05, 4.69) is 24.1 Å². The fourth-order valence-corrected chi connectivity index (χ4v) is 3.49. The second-order valence-electron chi connectivity index (χ2n) is 7.19. The standard InChI is InChI=1S/C22H26N2O3S/c1-15-4-8-19(9-5-15)23-21(25)14-26-20-10-6-18(7-11-20)22(28)24-12-16(2)27-17(3)13-24/h4-11,16-17H,12-14H2,1-3H3,(H,23,25)/t16-,17+. The first-order valence-electron chi connectivity index (χ1n) is 9.45. The molecule has 0 saturated carbocycles. The van der Waals surface area contributed by atoms with E-state index in [1.54, 1.807) is 0 Å². The molecule has 6 heteroatoms. The zero-order valence-electron chi connectivity index (χ0n) is 16.5. The zero-order valence-corrected chi connectivity index (χ0v) is 17.3. The van der Waals surface area contributed by atoms with Gasteiger partial charge in [-0.2, -0.15) is 0 Å². The lowest BCUT2D eigenvalue weighted by molar-refractivity contribution is -0.118. The molecule has 0 aromatic heterocycles. The molecule has 2 aromatic rings. The van der Waals surface area contributed by atoms with Gasteiger partial charge in [-0.05, 0) is 57.2 Å². The average molecular weight is 399 g/mol. The molecule has 0 bridgehead atoms. The van der Waals surface area contributed by atoms with Gasteiger partial charge in [-0.15, -0.1) is 0 Å². The minimum atomic E-state index is -0.195. The first-order chi connectivity index (χ1) is 13.4. The summed E-state index contributed by atoms with van der Waals surface area (Å²) in [5.74, 6) is 0.439. The lowest BCUT2D eigenvalue weighted by Crippen LogP contribution is -2.47. The Kier molecular flexibility index (Phi) is 6.65. The summed E-state index contributed by atoms with van der Waals surface area (Å²) in [5, 5.41) is 2.82. The highest BCUT2D eigenvalue weighted by atomic mass is 32.1. The second kappa shape index (κ2) is 9.17. The van der Waals surface area contributed by atoms with Gasteiger partial charge in [0.05, 0.1) is 12.2 Å². The number of thiocarbonyl (C=S) groups is 1. The van der Waals surface area contributed by atoms with Crippen LogP contribution in [0.2, 0.25) is 0 Å². The second-order valence-corrected chi connectivity index (χ2v) is 7.58. The number of hydrogen-bond donors (Lipinski definition) is 1. The molecule has 1 amide bonds. The number of amides is 1. The van der Waals surface area contributed by atoms with Gasteiger partial charge in [-0.25, -0.2) is 0 Å². The molecule has 2 atom stereocenters. The van der Waals surface area contributed by atoms with Crippen molar-refractivity contribution < 1.29 is 14.3 Å². The van der Waals surface area contributed by atoms with Crippen molar-refractivity contribution in [2.45, 2.75) is 33.0 Å². The van der Waals surface area contributed by atoms with E-state index >= 15 is 0 Å². The Labute approximate surface area is 171 Å². The minimum absolute atomic E-state index is 0.0455. The Morgan fingerprint density at radius 2 is 1.71 bits per heavy atom. The molecule has 1 N–H and O–H groups in total. The normalized spacial score (nSPS) is 19.2. The van der Waals surface area contributed by atoms with Crippen LogP contribution in [0, 0.1) is 6.92 Å². The minimum Gasteiger partial charge on any atom is -0.484 e. The van der Waals surface area contributed by atoms with Crippen molar-refractivity contribution >= 4 is 28.8 Å². The third kappa shape index (κ3) is 5.53. The van der Waals surface area contributed by atoms with Crippen LogP contribution < -0.4 is 10.1 Å². The van der Waals surface area contributed by atoms with Crippen LogP contribution in [-0.4, -0.2) is 47.7 Å². The molecule has 0 spiro atoms. The predicted molar refractivity (Wildman–Crippen MR) is 115 cm³/mol. The number of hydrogen-bond acceptors (Lipinski definition) is 4. The Hall–Kier alpha value is -2.44. The smallest absolute Gasteiger partial charge is 0.262 e. The van der Waals surface area contributed by atoms with Crippen molar-refractivity contribution in [3.8, 4) is 5.75 Å². The summed E-state index contributed by atoms with van der Waals surface area (Å²) in [7, 11) is 0. The monoisotopic (exact) mass is 398 g/mol. The maximum atomic E-state index is 12.0. The van der Waals surface area contributed by atoms with E-state index in [1.165, 1.54) is 0 Å². The number of anilines is 1. The molecule has 1 fully saturated rings. The van der Waals surface area contributed by atoms with E-state index < -0.39 is 0 Å². The topological polar surface area (TPSA) is 50.8 Å². The van der Waals surface area contributed by atoms with Crippen LogP contribution in [0.4, 0.5) is 5.69 Å². The zero-order chi connectivity index (χ0) is 20.1. The fraction of sp³-hybridized carbons (Fsp3) is 0.364. The van der Waals surface area contributed by atoms with Crippen LogP contribution in [0.1, 0.15) is 25.0 Å². The number of morpholine rings is 1. The number of carbonyl (C=O) groups excluding carboxylic acids is 1. The van der Waals surface area contributed by atoms with Gasteiger partial charge in [0, 0.05) is 24.3 Å². The Balaban J connectivity index is 1.52. The fourth-order valence-electron chi connectivity index (χ4n) is 3.20. The lowest BCUT2D eigenvalue weighted by atomic mass is 10.1. The van der Waals surface area contributed by atoms with Crippen molar-refractivity contribution in [2.24, 2.45) is 0 Å². The summed E-state index contributed by atoms with van der Waals surface area (Å²) in [4.78, 5) is 15.0. The number of carbonyl (C=O) groups is 1. The first-order valence-corrected chi connectivity index (χ1v) is 9.85. The first kappa shape index (κ1) is 20.3. The van der Waals surface area contributed by atoms with Gasteiger partial charge in [0.25, 0.3) is 5.91 Å². The van der Waals surface area contributed by atoms with E-state index in [0.29, 0.717) is 5.75 Å². The van der Waals surface area contributed by atoms with Crippen LogP contribution in [0.25, 0.3) is 0 Å². The maximum absolute atomic E-state index is 12.0. The molecule has 0 radical (unpaired) electrons. The van der Waals surface area contributed by atoms with E-state index in [1.807, 2.05) is 55.5 Å². The molecule has 1 aliphatic rings. The molecular weight excluding hydrogens is 372 g/mol. The van der Waals surface area contributed by atoms with Gasteiger partial charge in [0.1, 0.15) is 10.7 Å². The van der Waals surface area contributed by atoms with Gasteiger partial charge in [-0.3, -0.25) is 4.79 Å². The molecule has 0 aliphatic carbocycles. The van der Waals surface area contributed by atoms with Crippen LogP contribution in [0.15, 0.2) is 48.5 Å². The summed E-state index contributed by atoms with van der Waals surface area (Å²) in [6.45, 7) is 7.66. The molecule has 0 unspecified atom stereocenters. The van der Waals surface area contributed by atoms with Crippen LogP contribution in [-0.2, 0) is 9.53 Å². The Bertz CT molecular complexity index is 811. The van der Waals surface area contributed by atoms with Crippen molar-refractivity contribution in [1.82, 2.24) is 4.90 Å². The number of rotatable bonds is 5. The number of benzene rings is 2. The van der Waals surface area contributed by atoms with E-state index in [-0.39, 0.29) is 24.7 Å². The molecule has 5 nitrogen and oxygen atoms in total. The van der Waals surface area contributed by atoms with E-state index in [0.717, 1.165) is 34.9 Å². The Morgan fingerprint density at radius 3 is 2.32 bits per heavy atom. The van der Waals surface area contributed by atoms with Gasteiger partial charge >= 0.3 is 0 Å². The van der Waals surface area contributed by atoms with Crippen LogP contribution >= 0.6 is 12.2 Å². The summed E-state index contributed by atoms with van der Waals surface area (Å²) >= 11 is 5.64. The van der Waals surface area contributed by atoms with Gasteiger partial charge in [-0.1, -0.05) is 29.9 Å². The third-order valence-corrected chi connectivity index (χ3v) is 5.01. The highest BCUT2D eigenvalue weighted by Crippen LogP contribution is 2.18. The molecule has 3 rings (SSSR count). The lowest BCUT2D eigenvalue weighted by Gasteiger charge is -2.37. The summed E-state index contributed by atoms with van der Waals surface area (Å²) in [6, 6.07) is 15.2. The number of ether oxygens (including phenoxy) is 2. The summed E-state index contributed by atoms with van der Waals surface area (Å²) in [6.07, 6.45) is 0.327. The van der Waals surface area contributed by atoms with Crippen LogP contribution in [0.3, 0.4) is 0 Å². The van der Waals surface area contributed by atoms with Crippen LogP contribution in [0.5, 0.6) is 5.75 Å². The Morgan fingerprint density at radius 1 is 1.11 bits per heavy atom. The summed E-state index contributed by atoms with van der Waals surface area (Å²) in [5.41, 5.74) is 2.87. The van der Waals surface area contributed by atoms with E-state index in [4.69, 9.17) is 21.7 Å². The summed E-state index contributed by atoms with van der Waals surface area (Å²) < 4.78 is 11.4. The van der Waals surface area contributed by atoms with Crippen molar-refractivity contribution in [1.29, 1.82) is 0 Å². The van der Waals surface area contributed by atoms with Crippen molar-refractivity contribution in [2.75, 3.05) is 25.0 Å². The third-order valence-electron chi connectivity index (χ3n) is 4.51. The van der Waals surface area contributed by atoms with Gasteiger partial charge in [0.15, 0.2) is 6.61 Å². The predicted octanol–water partition coefficient (Wildman–Crippen LogP) is 3.80. The van der Waals surface area contributed by atoms with Crippen molar-refractivity contribution in [3.05, 3.63) is 59.7 Å². The molecule has 1 aliphatic heterocycles. The number of aryl methyl sites for hydroxylation is 1.